The smallest absolute Gasteiger partial charge is 0.343 e. The molecule has 8 nitrogen and oxygen atoms in total. The maximum atomic E-state index is 13.2. The van der Waals surface area contributed by atoms with E-state index in [-0.39, 0.29) is 0 Å². The second kappa shape index (κ2) is 9.40. The number of rotatable bonds is 7. The molecule has 6 aromatic rings. The Labute approximate surface area is 218 Å². The molecule has 0 N–H and O–H groups in total. The highest BCUT2D eigenvalue weighted by Crippen LogP contribution is 2.36. The normalized spacial score (nSPS) is 11.2. The SMILES string of the molecule is C=CCn1cc(OC(=O)c2cccc(OC)c2)c2c1nc(-c1cccc(OC)c1)n1c3ccccc3nc21. The second-order valence-electron chi connectivity index (χ2n) is 8.68. The number of hydrogen-bond donors (Lipinski definition) is 0. The number of fused-ring (bicyclic) bond motifs is 5. The van der Waals surface area contributed by atoms with Gasteiger partial charge in [-0.05, 0) is 42.5 Å². The number of carbonyl (C=O) groups is 1. The Morgan fingerprint density at radius 1 is 0.921 bits per heavy atom. The van der Waals surface area contributed by atoms with Crippen LogP contribution in [0.1, 0.15) is 10.4 Å². The van der Waals surface area contributed by atoms with Crippen LogP contribution in [0.5, 0.6) is 17.2 Å². The van der Waals surface area contributed by atoms with Gasteiger partial charge in [-0.3, -0.25) is 4.40 Å². The van der Waals surface area contributed by atoms with E-state index in [2.05, 4.69) is 6.58 Å². The quantitative estimate of drug-likeness (QED) is 0.198. The lowest BCUT2D eigenvalue weighted by Gasteiger charge is -2.10. The highest BCUT2D eigenvalue weighted by Gasteiger charge is 2.23. The first-order valence-electron chi connectivity index (χ1n) is 12.0. The van der Waals surface area contributed by atoms with Gasteiger partial charge in [0.05, 0.1) is 30.8 Å². The Morgan fingerprint density at radius 3 is 2.47 bits per heavy atom. The molecule has 0 aliphatic rings. The zero-order valence-corrected chi connectivity index (χ0v) is 20.9. The van der Waals surface area contributed by atoms with E-state index in [1.165, 1.54) is 0 Å². The molecule has 0 bridgehead atoms. The Morgan fingerprint density at radius 2 is 1.68 bits per heavy atom. The van der Waals surface area contributed by atoms with E-state index in [9.17, 15) is 4.79 Å². The summed E-state index contributed by atoms with van der Waals surface area (Å²) >= 11 is 0. The van der Waals surface area contributed by atoms with Crippen molar-refractivity contribution in [2.24, 2.45) is 0 Å². The molecule has 3 aromatic heterocycles. The Hall–Kier alpha value is -5.11. The third-order valence-corrected chi connectivity index (χ3v) is 6.38. The zero-order valence-electron chi connectivity index (χ0n) is 20.9. The summed E-state index contributed by atoms with van der Waals surface area (Å²) < 4.78 is 20.6. The zero-order chi connectivity index (χ0) is 26.2. The van der Waals surface area contributed by atoms with Crippen LogP contribution in [0.25, 0.3) is 39.1 Å². The number of esters is 1. The first-order chi connectivity index (χ1) is 18.6. The number of carbonyl (C=O) groups excluding carboxylic acids is 1. The van der Waals surface area contributed by atoms with Crippen LogP contribution >= 0.6 is 0 Å². The van der Waals surface area contributed by atoms with Crippen LogP contribution in [0.15, 0.2) is 91.6 Å². The number of hydrogen-bond acceptors (Lipinski definition) is 6. The van der Waals surface area contributed by atoms with Gasteiger partial charge in [0.2, 0.25) is 0 Å². The molecule has 6 rings (SSSR count). The number of benzene rings is 3. The molecule has 188 valence electrons. The van der Waals surface area contributed by atoms with E-state index >= 15 is 0 Å². The minimum Gasteiger partial charge on any atom is -0.497 e. The van der Waals surface area contributed by atoms with Crippen molar-refractivity contribution in [1.82, 2.24) is 18.9 Å². The fourth-order valence-electron chi connectivity index (χ4n) is 4.63. The molecule has 0 fully saturated rings. The highest BCUT2D eigenvalue weighted by molar-refractivity contribution is 6.03. The van der Waals surface area contributed by atoms with E-state index in [0.717, 1.165) is 22.3 Å². The number of allylic oxidation sites excluding steroid dienone is 1. The first-order valence-corrected chi connectivity index (χ1v) is 12.0. The van der Waals surface area contributed by atoms with Gasteiger partial charge in [0.15, 0.2) is 11.4 Å². The molecule has 0 unspecified atom stereocenters. The molecule has 0 aliphatic carbocycles. The van der Waals surface area contributed by atoms with Crippen molar-refractivity contribution >= 4 is 33.7 Å². The maximum absolute atomic E-state index is 13.2. The lowest BCUT2D eigenvalue weighted by molar-refractivity contribution is 0.0736. The molecule has 8 heteroatoms. The van der Waals surface area contributed by atoms with Crippen molar-refractivity contribution in [1.29, 1.82) is 0 Å². The fraction of sp³-hybridized carbons (Fsp3) is 0.100. The summed E-state index contributed by atoms with van der Waals surface area (Å²) in [4.78, 5) is 23.2. The number of imidazole rings is 1. The van der Waals surface area contributed by atoms with Gasteiger partial charge in [-0.2, -0.15) is 0 Å². The van der Waals surface area contributed by atoms with Gasteiger partial charge < -0.3 is 18.8 Å². The van der Waals surface area contributed by atoms with Gasteiger partial charge >= 0.3 is 5.97 Å². The van der Waals surface area contributed by atoms with Gasteiger partial charge in [-0.15, -0.1) is 6.58 Å². The number of para-hydroxylation sites is 2. The monoisotopic (exact) mass is 504 g/mol. The summed E-state index contributed by atoms with van der Waals surface area (Å²) in [5, 5.41) is 0.631. The van der Waals surface area contributed by atoms with Crippen LogP contribution in [0, 0.1) is 0 Å². The standard InChI is InChI=1S/C30H24N4O4/c1-4-15-33-18-25(38-30(35)20-10-8-12-22(17-20)37-3)26-28(33)32-27(19-9-7-11-21(16-19)36-2)34-24-14-6-5-13-23(24)31-29(26)34/h4-14,16-18H,1,15H2,2-3H3. The van der Waals surface area contributed by atoms with Crippen LogP contribution in [-0.4, -0.2) is 39.1 Å². The molecule has 0 saturated heterocycles. The number of ether oxygens (including phenoxy) is 3. The minimum atomic E-state index is -0.507. The third-order valence-electron chi connectivity index (χ3n) is 6.38. The van der Waals surface area contributed by atoms with E-state index < -0.39 is 5.97 Å². The Balaban J connectivity index is 1.63. The van der Waals surface area contributed by atoms with Crippen molar-refractivity contribution in [3.05, 3.63) is 97.2 Å². The van der Waals surface area contributed by atoms with Gasteiger partial charge in [-0.1, -0.05) is 36.4 Å². The van der Waals surface area contributed by atoms with Gasteiger partial charge in [-0.25, -0.2) is 14.8 Å². The molecule has 3 heterocycles. The van der Waals surface area contributed by atoms with Crippen LogP contribution < -0.4 is 14.2 Å². The molecule has 0 amide bonds. The molecule has 38 heavy (non-hydrogen) atoms. The van der Waals surface area contributed by atoms with Crippen LogP contribution in [0.3, 0.4) is 0 Å². The van der Waals surface area contributed by atoms with E-state index in [0.29, 0.717) is 46.1 Å². The number of aromatic nitrogens is 4. The largest absolute Gasteiger partial charge is 0.497 e. The molecule has 0 saturated carbocycles. The Bertz CT molecular complexity index is 1850. The highest BCUT2D eigenvalue weighted by atomic mass is 16.5. The van der Waals surface area contributed by atoms with Gasteiger partial charge in [0.25, 0.3) is 0 Å². The number of nitrogens with zero attached hydrogens (tertiary/aromatic N) is 4. The fourth-order valence-corrected chi connectivity index (χ4v) is 4.63. The Kier molecular flexibility index (Phi) is 5.76. The molecular formula is C30H24N4O4. The number of methoxy groups -OCH3 is 2. The minimum absolute atomic E-state index is 0.361. The van der Waals surface area contributed by atoms with Crippen molar-refractivity contribution in [2.75, 3.05) is 14.2 Å². The van der Waals surface area contributed by atoms with E-state index in [4.69, 9.17) is 24.2 Å². The molecular weight excluding hydrogens is 480 g/mol. The summed E-state index contributed by atoms with van der Waals surface area (Å²) in [6, 6.07) is 22.4. The lowest BCUT2D eigenvalue weighted by atomic mass is 10.2. The second-order valence-corrected chi connectivity index (χ2v) is 8.68. The maximum Gasteiger partial charge on any atom is 0.343 e. The first kappa shape index (κ1) is 23.3. The summed E-state index contributed by atoms with van der Waals surface area (Å²) in [6.45, 7) is 4.36. The predicted octanol–water partition coefficient (Wildman–Crippen LogP) is 5.93. The predicted molar refractivity (Wildman–Crippen MR) is 146 cm³/mol. The van der Waals surface area contributed by atoms with Crippen molar-refractivity contribution in [2.45, 2.75) is 6.54 Å². The molecule has 0 aliphatic heterocycles. The van der Waals surface area contributed by atoms with Crippen molar-refractivity contribution in [3.8, 4) is 28.6 Å². The molecule has 3 aromatic carbocycles. The molecule has 0 spiro atoms. The van der Waals surface area contributed by atoms with Crippen LogP contribution in [0.4, 0.5) is 0 Å². The van der Waals surface area contributed by atoms with Crippen LogP contribution in [-0.2, 0) is 6.54 Å². The average Bonchev–Trinajstić information content (AvgIpc) is 3.51. The van der Waals surface area contributed by atoms with Gasteiger partial charge in [0, 0.05) is 18.3 Å². The van der Waals surface area contributed by atoms with Crippen LogP contribution in [0.2, 0.25) is 0 Å². The van der Waals surface area contributed by atoms with Crippen molar-refractivity contribution in [3.63, 3.8) is 0 Å². The van der Waals surface area contributed by atoms with Gasteiger partial charge in [0.1, 0.15) is 28.4 Å². The van der Waals surface area contributed by atoms with E-state index in [1.807, 2.05) is 57.5 Å². The average molecular weight is 505 g/mol. The summed E-state index contributed by atoms with van der Waals surface area (Å²) in [6.07, 6.45) is 3.54. The molecule has 0 radical (unpaired) electrons. The summed E-state index contributed by atoms with van der Waals surface area (Å²) in [5.74, 6) is 1.83. The topological polar surface area (TPSA) is 79.9 Å². The third kappa shape index (κ3) is 3.83. The lowest BCUT2D eigenvalue weighted by Crippen LogP contribution is -2.08. The van der Waals surface area contributed by atoms with Crippen molar-refractivity contribution < 1.29 is 19.0 Å². The summed E-state index contributed by atoms with van der Waals surface area (Å²) in [7, 11) is 3.19. The van der Waals surface area contributed by atoms with E-state index in [1.54, 1.807) is 50.8 Å². The summed E-state index contributed by atoms with van der Waals surface area (Å²) in [5.41, 5.74) is 4.17. The molecule has 0 atom stereocenters.